The lowest BCUT2D eigenvalue weighted by Gasteiger charge is -2.33. The number of rotatable bonds is 6. The molecule has 1 aromatic heterocycles. The number of amides is 1. The molecule has 4 aromatic rings. The average Bonchev–Trinajstić information content (AvgIpc) is 3.25. The molecule has 6 heteroatoms. The van der Waals surface area contributed by atoms with E-state index in [1.807, 2.05) is 53.2 Å². The molecule has 162 valence electrons. The van der Waals surface area contributed by atoms with Crippen LogP contribution in [0.5, 0.6) is 0 Å². The molecule has 2 heterocycles. The van der Waals surface area contributed by atoms with Crippen molar-refractivity contribution in [3.63, 3.8) is 0 Å². The zero-order valence-electron chi connectivity index (χ0n) is 18.2. The molecule has 5 rings (SSSR count). The molecule has 0 fully saturated rings. The number of carbonyl (C=O) groups excluding carboxylic acids is 1. The van der Waals surface area contributed by atoms with Gasteiger partial charge >= 0.3 is 0 Å². The highest BCUT2D eigenvalue weighted by Crippen LogP contribution is 2.20. The van der Waals surface area contributed by atoms with Crippen LogP contribution in [0.2, 0.25) is 0 Å². The Hall–Kier alpha value is -3.51. The van der Waals surface area contributed by atoms with E-state index in [2.05, 4.69) is 51.7 Å². The maximum absolute atomic E-state index is 12.7. The van der Waals surface area contributed by atoms with E-state index < -0.39 is 0 Å². The second kappa shape index (κ2) is 8.93. The third kappa shape index (κ3) is 4.27. The first-order chi connectivity index (χ1) is 15.7. The van der Waals surface area contributed by atoms with Gasteiger partial charge in [-0.2, -0.15) is 0 Å². The van der Waals surface area contributed by atoms with E-state index in [-0.39, 0.29) is 11.9 Å². The van der Waals surface area contributed by atoms with Gasteiger partial charge in [0.15, 0.2) is 0 Å². The minimum Gasteiger partial charge on any atom is -0.350 e. The van der Waals surface area contributed by atoms with E-state index in [9.17, 15) is 4.79 Å². The van der Waals surface area contributed by atoms with Gasteiger partial charge in [-0.3, -0.25) is 9.69 Å². The van der Waals surface area contributed by atoms with Crippen LogP contribution in [-0.4, -0.2) is 44.9 Å². The fourth-order valence-electron chi connectivity index (χ4n) is 4.33. The van der Waals surface area contributed by atoms with Crippen molar-refractivity contribution in [3.05, 3.63) is 95.1 Å². The van der Waals surface area contributed by atoms with E-state index in [4.69, 9.17) is 0 Å². The van der Waals surface area contributed by atoms with Gasteiger partial charge < -0.3 is 5.32 Å². The Morgan fingerprint density at radius 2 is 1.75 bits per heavy atom. The average molecular weight is 426 g/mol. The van der Waals surface area contributed by atoms with Crippen LogP contribution in [0, 0.1) is 0 Å². The Bertz CT molecular complexity index is 1230. The Morgan fingerprint density at radius 3 is 2.59 bits per heavy atom. The topological polar surface area (TPSA) is 63.1 Å². The third-order valence-corrected chi connectivity index (χ3v) is 6.31. The Labute approximate surface area is 187 Å². The number of aromatic nitrogens is 3. The van der Waals surface area contributed by atoms with Gasteiger partial charge in [0.25, 0.3) is 5.91 Å². The van der Waals surface area contributed by atoms with Crippen LogP contribution >= 0.6 is 0 Å². The zero-order valence-corrected chi connectivity index (χ0v) is 18.2. The molecular formula is C26H27N5O. The number of carbonyl (C=O) groups is 1. The number of fused-ring (bicyclic) bond motifs is 2. The Balaban J connectivity index is 1.16. The van der Waals surface area contributed by atoms with Gasteiger partial charge in [0.1, 0.15) is 5.52 Å². The van der Waals surface area contributed by atoms with Crippen molar-refractivity contribution in [2.75, 3.05) is 13.1 Å². The van der Waals surface area contributed by atoms with E-state index >= 15 is 0 Å². The largest absolute Gasteiger partial charge is 0.350 e. The SMILES string of the molecule is CC(CNC(=O)c1ccc(Cn2nnc3ccccc32)cc1)N1CCc2ccccc2C1. The molecule has 0 aliphatic carbocycles. The molecule has 1 aliphatic rings. The van der Waals surface area contributed by atoms with Gasteiger partial charge in [-0.25, -0.2) is 4.68 Å². The molecule has 0 bridgehead atoms. The molecule has 1 unspecified atom stereocenters. The Morgan fingerprint density at radius 1 is 1.00 bits per heavy atom. The minimum absolute atomic E-state index is 0.0352. The minimum atomic E-state index is -0.0352. The lowest BCUT2D eigenvalue weighted by molar-refractivity contribution is 0.0932. The van der Waals surface area contributed by atoms with E-state index in [0.29, 0.717) is 18.7 Å². The number of hydrogen-bond donors (Lipinski definition) is 1. The smallest absolute Gasteiger partial charge is 0.251 e. The molecule has 0 saturated carbocycles. The van der Waals surface area contributed by atoms with Gasteiger partial charge in [-0.05, 0) is 54.3 Å². The molecule has 0 saturated heterocycles. The molecule has 32 heavy (non-hydrogen) atoms. The van der Waals surface area contributed by atoms with Crippen LogP contribution in [0.3, 0.4) is 0 Å². The summed E-state index contributed by atoms with van der Waals surface area (Å²) in [5.74, 6) is -0.0352. The standard InChI is InChI=1S/C26H27N5O/c1-19(30-15-14-21-6-2-3-7-23(21)18-30)16-27-26(32)22-12-10-20(11-13-22)17-31-25-9-5-4-8-24(25)28-29-31/h2-13,19H,14-18H2,1H3,(H,27,32). The van der Waals surface area contributed by atoms with Gasteiger partial charge in [0, 0.05) is 31.2 Å². The second-order valence-electron chi connectivity index (χ2n) is 8.48. The van der Waals surface area contributed by atoms with Crippen molar-refractivity contribution in [3.8, 4) is 0 Å². The summed E-state index contributed by atoms with van der Waals surface area (Å²) in [6, 6.07) is 24.6. The first kappa shape index (κ1) is 20.4. The van der Waals surface area contributed by atoms with Crippen molar-refractivity contribution in [1.82, 2.24) is 25.2 Å². The summed E-state index contributed by atoms with van der Waals surface area (Å²) < 4.78 is 1.88. The fraction of sp³-hybridized carbons (Fsp3) is 0.269. The fourth-order valence-corrected chi connectivity index (χ4v) is 4.33. The van der Waals surface area contributed by atoms with Crippen LogP contribution in [0.25, 0.3) is 11.0 Å². The molecule has 1 amide bonds. The lowest BCUT2D eigenvalue weighted by Crippen LogP contribution is -2.44. The summed E-state index contributed by atoms with van der Waals surface area (Å²) in [7, 11) is 0. The molecule has 0 spiro atoms. The van der Waals surface area contributed by atoms with E-state index in [1.165, 1.54) is 11.1 Å². The van der Waals surface area contributed by atoms with Crippen molar-refractivity contribution >= 4 is 16.9 Å². The van der Waals surface area contributed by atoms with Crippen LogP contribution in [0.4, 0.5) is 0 Å². The summed E-state index contributed by atoms with van der Waals surface area (Å²) >= 11 is 0. The summed E-state index contributed by atoms with van der Waals surface area (Å²) in [6.45, 7) is 5.40. The molecule has 1 N–H and O–H groups in total. The Kier molecular flexibility index (Phi) is 5.69. The van der Waals surface area contributed by atoms with Gasteiger partial charge in [0.05, 0.1) is 12.1 Å². The van der Waals surface area contributed by atoms with Crippen LogP contribution in [0.1, 0.15) is 34.0 Å². The van der Waals surface area contributed by atoms with Crippen molar-refractivity contribution in [1.29, 1.82) is 0 Å². The van der Waals surface area contributed by atoms with Crippen LogP contribution in [-0.2, 0) is 19.5 Å². The zero-order chi connectivity index (χ0) is 21.9. The number of benzene rings is 3. The number of hydrogen-bond acceptors (Lipinski definition) is 4. The van der Waals surface area contributed by atoms with Crippen molar-refractivity contribution in [2.45, 2.75) is 32.5 Å². The summed E-state index contributed by atoms with van der Waals surface area (Å²) in [6.07, 6.45) is 1.07. The summed E-state index contributed by atoms with van der Waals surface area (Å²) in [5, 5.41) is 11.5. The highest BCUT2D eigenvalue weighted by atomic mass is 16.1. The molecule has 1 atom stereocenters. The second-order valence-corrected chi connectivity index (χ2v) is 8.48. The van der Waals surface area contributed by atoms with Crippen molar-refractivity contribution < 1.29 is 4.79 Å². The van der Waals surface area contributed by atoms with Gasteiger partial charge in [-0.15, -0.1) is 5.10 Å². The van der Waals surface area contributed by atoms with Crippen molar-refractivity contribution in [2.24, 2.45) is 0 Å². The molecule has 6 nitrogen and oxygen atoms in total. The molecule has 0 radical (unpaired) electrons. The quantitative estimate of drug-likeness (QED) is 0.512. The lowest BCUT2D eigenvalue weighted by atomic mass is 9.99. The molecular weight excluding hydrogens is 398 g/mol. The first-order valence-electron chi connectivity index (χ1n) is 11.1. The van der Waals surface area contributed by atoms with Gasteiger partial charge in [0.2, 0.25) is 0 Å². The predicted octanol–water partition coefficient (Wildman–Crippen LogP) is 3.66. The number of nitrogens with one attached hydrogen (secondary N) is 1. The number of para-hydroxylation sites is 1. The van der Waals surface area contributed by atoms with E-state index in [1.54, 1.807) is 0 Å². The third-order valence-electron chi connectivity index (χ3n) is 6.31. The normalized spacial score (nSPS) is 14.8. The maximum Gasteiger partial charge on any atom is 0.251 e. The molecule has 1 aliphatic heterocycles. The van der Waals surface area contributed by atoms with Gasteiger partial charge in [-0.1, -0.05) is 53.7 Å². The highest BCUT2D eigenvalue weighted by molar-refractivity contribution is 5.94. The van der Waals surface area contributed by atoms with Crippen LogP contribution in [0.15, 0.2) is 72.8 Å². The monoisotopic (exact) mass is 425 g/mol. The molecule has 3 aromatic carbocycles. The predicted molar refractivity (Wildman–Crippen MR) is 125 cm³/mol. The summed E-state index contributed by atoms with van der Waals surface area (Å²) in [5.41, 5.74) is 6.48. The first-order valence-corrected chi connectivity index (χ1v) is 11.1. The number of nitrogens with zero attached hydrogens (tertiary/aromatic N) is 4. The van der Waals surface area contributed by atoms with E-state index in [0.717, 1.165) is 36.1 Å². The highest BCUT2D eigenvalue weighted by Gasteiger charge is 2.20. The summed E-state index contributed by atoms with van der Waals surface area (Å²) in [4.78, 5) is 15.1. The maximum atomic E-state index is 12.7. The van der Waals surface area contributed by atoms with Crippen LogP contribution < -0.4 is 5.32 Å².